The standard InChI is InChI=1S/C14H27N3O3/c1-4-8-17(11-13(18)19)14(20)15(3)10-12-7-6-9-16(12)5-2/h12H,4-11H2,1-3H3,(H,18,19). The Morgan fingerprint density at radius 2 is 2.05 bits per heavy atom. The molecule has 2 amide bonds. The van der Waals surface area contributed by atoms with Crippen molar-refractivity contribution in [3.63, 3.8) is 0 Å². The summed E-state index contributed by atoms with van der Waals surface area (Å²) in [6, 6.07) is 0.222. The van der Waals surface area contributed by atoms with Gasteiger partial charge in [0.15, 0.2) is 0 Å². The molecule has 6 heteroatoms. The fourth-order valence-corrected chi connectivity index (χ4v) is 2.83. The number of hydrogen-bond acceptors (Lipinski definition) is 3. The van der Waals surface area contributed by atoms with Crippen LogP contribution in [0.2, 0.25) is 0 Å². The average molecular weight is 285 g/mol. The Hall–Kier alpha value is -1.30. The molecule has 20 heavy (non-hydrogen) atoms. The van der Waals surface area contributed by atoms with Gasteiger partial charge in [-0.1, -0.05) is 13.8 Å². The van der Waals surface area contributed by atoms with Gasteiger partial charge in [-0.25, -0.2) is 4.79 Å². The number of carbonyl (C=O) groups is 2. The van der Waals surface area contributed by atoms with Gasteiger partial charge in [0.25, 0.3) is 0 Å². The van der Waals surface area contributed by atoms with E-state index < -0.39 is 5.97 Å². The van der Waals surface area contributed by atoms with Crippen LogP contribution in [0.3, 0.4) is 0 Å². The maximum Gasteiger partial charge on any atom is 0.323 e. The molecule has 0 radical (unpaired) electrons. The third-order valence-electron chi connectivity index (χ3n) is 3.81. The summed E-state index contributed by atoms with van der Waals surface area (Å²) in [7, 11) is 1.76. The van der Waals surface area contributed by atoms with Crippen molar-refractivity contribution in [3.8, 4) is 0 Å². The summed E-state index contributed by atoms with van der Waals surface area (Å²) in [6.07, 6.45) is 3.05. The Morgan fingerprint density at radius 1 is 1.35 bits per heavy atom. The van der Waals surface area contributed by atoms with E-state index in [2.05, 4.69) is 11.8 Å². The van der Waals surface area contributed by atoms with Crippen LogP contribution in [0.4, 0.5) is 4.79 Å². The van der Waals surface area contributed by atoms with Crippen molar-refractivity contribution in [1.82, 2.24) is 14.7 Å². The second-order valence-corrected chi connectivity index (χ2v) is 5.40. The highest BCUT2D eigenvalue weighted by atomic mass is 16.4. The topological polar surface area (TPSA) is 64.1 Å². The minimum absolute atomic E-state index is 0.183. The molecule has 1 aliphatic heterocycles. The van der Waals surface area contributed by atoms with Gasteiger partial charge in [-0.15, -0.1) is 0 Å². The predicted molar refractivity (Wildman–Crippen MR) is 77.8 cm³/mol. The molecule has 1 atom stereocenters. The molecule has 0 saturated carbocycles. The predicted octanol–water partition coefficient (Wildman–Crippen LogP) is 1.32. The number of carboxylic acid groups (broad SMARTS) is 1. The van der Waals surface area contributed by atoms with Crippen molar-refractivity contribution in [2.24, 2.45) is 0 Å². The summed E-state index contributed by atoms with van der Waals surface area (Å²) >= 11 is 0. The van der Waals surface area contributed by atoms with Gasteiger partial charge in [0.05, 0.1) is 0 Å². The summed E-state index contributed by atoms with van der Waals surface area (Å²) in [5.74, 6) is -0.962. The Bertz CT molecular complexity index is 336. The number of nitrogens with zero attached hydrogens (tertiary/aromatic N) is 3. The van der Waals surface area contributed by atoms with Crippen LogP contribution in [-0.4, -0.2) is 77.6 Å². The van der Waals surface area contributed by atoms with Crippen LogP contribution in [-0.2, 0) is 4.79 Å². The lowest BCUT2D eigenvalue weighted by atomic mass is 10.2. The minimum Gasteiger partial charge on any atom is -0.480 e. The number of aliphatic carboxylic acids is 1. The van der Waals surface area contributed by atoms with Crippen LogP contribution in [0.1, 0.15) is 33.1 Å². The first-order valence-corrected chi connectivity index (χ1v) is 7.45. The molecule has 1 N–H and O–H groups in total. The van der Waals surface area contributed by atoms with Crippen LogP contribution in [0.5, 0.6) is 0 Å². The highest BCUT2D eigenvalue weighted by molar-refractivity contribution is 5.80. The molecular weight excluding hydrogens is 258 g/mol. The van der Waals surface area contributed by atoms with E-state index in [0.717, 1.165) is 25.9 Å². The number of hydrogen-bond donors (Lipinski definition) is 1. The van der Waals surface area contributed by atoms with E-state index in [1.165, 1.54) is 11.3 Å². The van der Waals surface area contributed by atoms with Crippen molar-refractivity contribution >= 4 is 12.0 Å². The first-order chi connectivity index (χ1) is 9.49. The minimum atomic E-state index is -0.962. The zero-order chi connectivity index (χ0) is 15.1. The van der Waals surface area contributed by atoms with Crippen molar-refractivity contribution < 1.29 is 14.7 Å². The monoisotopic (exact) mass is 285 g/mol. The maximum atomic E-state index is 12.3. The molecule has 0 aliphatic carbocycles. The second kappa shape index (κ2) is 8.09. The summed E-state index contributed by atoms with van der Waals surface area (Å²) < 4.78 is 0. The quantitative estimate of drug-likeness (QED) is 0.766. The van der Waals surface area contributed by atoms with Gasteiger partial charge in [-0.05, 0) is 32.4 Å². The molecule has 1 fully saturated rings. The number of likely N-dealkylation sites (tertiary alicyclic amines) is 1. The number of likely N-dealkylation sites (N-methyl/N-ethyl adjacent to an activating group) is 2. The summed E-state index contributed by atoms with van der Waals surface area (Å²) in [4.78, 5) is 28.6. The van der Waals surface area contributed by atoms with E-state index in [1.54, 1.807) is 11.9 Å². The van der Waals surface area contributed by atoms with E-state index in [4.69, 9.17) is 5.11 Å². The van der Waals surface area contributed by atoms with E-state index in [9.17, 15) is 9.59 Å². The van der Waals surface area contributed by atoms with Crippen LogP contribution in [0, 0.1) is 0 Å². The number of rotatable bonds is 7. The second-order valence-electron chi connectivity index (χ2n) is 5.40. The molecule has 0 aromatic rings. The van der Waals surface area contributed by atoms with Crippen molar-refractivity contribution in [1.29, 1.82) is 0 Å². The van der Waals surface area contributed by atoms with Gasteiger partial charge >= 0.3 is 12.0 Å². The zero-order valence-electron chi connectivity index (χ0n) is 12.8. The summed E-state index contributed by atoms with van der Waals surface area (Å²) in [6.45, 7) is 7.10. The number of urea groups is 1. The summed E-state index contributed by atoms with van der Waals surface area (Å²) in [5.41, 5.74) is 0. The molecular formula is C14H27N3O3. The molecule has 0 aromatic carbocycles. The highest BCUT2D eigenvalue weighted by Gasteiger charge is 2.27. The van der Waals surface area contributed by atoms with Crippen LogP contribution >= 0.6 is 0 Å². The lowest BCUT2D eigenvalue weighted by Gasteiger charge is -2.31. The largest absolute Gasteiger partial charge is 0.480 e. The SMILES string of the molecule is CCCN(CC(=O)O)C(=O)N(C)CC1CCCN1CC. The van der Waals surface area contributed by atoms with E-state index in [1.807, 2.05) is 6.92 Å². The van der Waals surface area contributed by atoms with Crippen LogP contribution in [0.15, 0.2) is 0 Å². The van der Waals surface area contributed by atoms with Gasteiger partial charge in [-0.3, -0.25) is 9.69 Å². The normalized spacial score (nSPS) is 19.1. The number of carboxylic acids is 1. The molecule has 1 heterocycles. The fraction of sp³-hybridized carbons (Fsp3) is 0.857. The van der Waals surface area contributed by atoms with Crippen LogP contribution in [0.25, 0.3) is 0 Å². The molecule has 1 saturated heterocycles. The van der Waals surface area contributed by atoms with Gasteiger partial charge in [0.2, 0.25) is 0 Å². The van der Waals surface area contributed by atoms with Gasteiger partial charge in [-0.2, -0.15) is 0 Å². The average Bonchev–Trinajstić information content (AvgIpc) is 2.84. The molecule has 1 rings (SSSR count). The highest BCUT2D eigenvalue weighted by Crippen LogP contribution is 2.17. The van der Waals surface area contributed by atoms with Crippen molar-refractivity contribution in [2.45, 2.75) is 39.2 Å². The Kier molecular flexibility index (Phi) is 6.78. The lowest BCUT2D eigenvalue weighted by Crippen LogP contribution is -2.48. The number of carbonyl (C=O) groups excluding carboxylic acids is 1. The number of amides is 2. The van der Waals surface area contributed by atoms with Gasteiger partial charge in [0, 0.05) is 26.2 Å². The lowest BCUT2D eigenvalue weighted by molar-refractivity contribution is -0.137. The molecule has 1 aliphatic rings. The van der Waals surface area contributed by atoms with E-state index >= 15 is 0 Å². The Morgan fingerprint density at radius 3 is 2.60 bits per heavy atom. The van der Waals surface area contributed by atoms with Crippen molar-refractivity contribution in [2.75, 3.05) is 39.8 Å². The van der Waals surface area contributed by atoms with Crippen LogP contribution < -0.4 is 0 Å². The van der Waals surface area contributed by atoms with E-state index in [0.29, 0.717) is 19.1 Å². The summed E-state index contributed by atoms with van der Waals surface area (Å²) in [5, 5.41) is 8.88. The molecule has 116 valence electrons. The van der Waals surface area contributed by atoms with E-state index in [-0.39, 0.29) is 12.6 Å². The molecule has 0 bridgehead atoms. The zero-order valence-corrected chi connectivity index (χ0v) is 12.8. The molecule has 6 nitrogen and oxygen atoms in total. The molecule has 0 aromatic heterocycles. The van der Waals surface area contributed by atoms with Gasteiger partial charge < -0.3 is 14.9 Å². The molecule has 1 unspecified atom stereocenters. The molecule has 0 spiro atoms. The third-order valence-corrected chi connectivity index (χ3v) is 3.81. The fourth-order valence-electron chi connectivity index (χ4n) is 2.83. The van der Waals surface area contributed by atoms with Crippen molar-refractivity contribution in [3.05, 3.63) is 0 Å². The Labute approximate surface area is 121 Å². The maximum absolute atomic E-state index is 12.3. The Balaban J connectivity index is 2.56. The third kappa shape index (κ3) is 4.67. The smallest absolute Gasteiger partial charge is 0.323 e. The first-order valence-electron chi connectivity index (χ1n) is 7.45. The van der Waals surface area contributed by atoms with Gasteiger partial charge in [0.1, 0.15) is 6.54 Å². The first kappa shape index (κ1) is 16.8.